The number of rotatable bonds is 4. The maximum absolute atomic E-state index is 12.5. The molecule has 0 radical (unpaired) electrons. The molecule has 1 aromatic heterocycles. The Labute approximate surface area is 160 Å². The minimum absolute atomic E-state index is 0.0759. The molecule has 2 aromatic carbocycles. The fourth-order valence-corrected chi connectivity index (χ4v) is 4.01. The third-order valence-corrected chi connectivity index (χ3v) is 5.60. The first-order valence-corrected chi connectivity index (χ1v) is 9.63. The summed E-state index contributed by atoms with van der Waals surface area (Å²) in [6.45, 7) is 3.74. The van der Waals surface area contributed by atoms with E-state index in [-0.39, 0.29) is 12.5 Å². The van der Waals surface area contributed by atoms with Crippen molar-refractivity contribution >= 4 is 16.8 Å². The standard InChI is InChI=1S/C23H26N2O2/c1-17-7-9-19(10-8-17)27-16-23(26)25-13-11-18(12-14-25)21-15-24(2)22-6-4-3-5-20(21)22/h3-10,15,18H,11-14,16H2,1-2H3. The van der Waals surface area contributed by atoms with Gasteiger partial charge in [-0.15, -0.1) is 0 Å². The van der Waals surface area contributed by atoms with Crippen molar-refractivity contribution in [2.24, 2.45) is 7.05 Å². The van der Waals surface area contributed by atoms with Crippen LogP contribution in [-0.4, -0.2) is 35.1 Å². The van der Waals surface area contributed by atoms with Crippen LogP contribution in [0.3, 0.4) is 0 Å². The lowest BCUT2D eigenvalue weighted by atomic mass is 9.89. The number of fused-ring (bicyclic) bond motifs is 1. The zero-order valence-corrected chi connectivity index (χ0v) is 16.0. The molecule has 3 aromatic rings. The summed E-state index contributed by atoms with van der Waals surface area (Å²) in [5, 5.41) is 1.34. The summed E-state index contributed by atoms with van der Waals surface area (Å²) in [7, 11) is 2.10. The minimum atomic E-state index is 0.0759. The van der Waals surface area contributed by atoms with E-state index in [4.69, 9.17) is 4.74 Å². The number of nitrogens with zero attached hydrogens (tertiary/aromatic N) is 2. The van der Waals surface area contributed by atoms with E-state index in [9.17, 15) is 4.79 Å². The molecule has 1 amide bonds. The number of piperidine rings is 1. The molecule has 0 unspecified atom stereocenters. The zero-order valence-electron chi connectivity index (χ0n) is 16.0. The second-order valence-electron chi connectivity index (χ2n) is 7.47. The van der Waals surface area contributed by atoms with E-state index < -0.39 is 0 Å². The first-order valence-electron chi connectivity index (χ1n) is 9.63. The van der Waals surface area contributed by atoms with Crippen molar-refractivity contribution in [3.05, 3.63) is 65.9 Å². The van der Waals surface area contributed by atoms with E-state index in [0.717, 1.165) is 31.7 Å². The first-order chi connectivity index (χ1) is 13.1. The number of carbonyl (C=O) groups is 1. The molecule has 1 aliphatic rings. The minimum Gasteiger partial charge on any atom is -0.484 e. The summed E-state index contributed by atoms with van der Waals surface area (Å²) in [6, 6.07) is 16.4. The Balaban J connectivity index is 1.35. The highest BCUT2D eigenvalue weighted by molar-refractivity contribution is 5.84. The third kappa shape index (κ3) is 3.70. The van der Waals surface area contributed by atoms with Gasteiger partial charge in [-0.05, 0) is 49.4 Å². The highest BCUT2D eigenvalue weighted by Gasteiger charge is 2.26. The quantitative estimate of drug-likeness (QED) is 0.695. The summed E-state index contributed by atoms with van der Waals surface area (Å²) in [4.78, 5) is 14.4. The van der Waals surface area contributed by atoms with Crippen LogP contribution in [0.1, 0.15) is 29.9 Å². The Morgan fingerprint density at radius 1 is 1.07 bits per heavy atom. The summed E-state index contributed by atoms with van der Waals surface area (Å²) in [6.07, 6.45) is 4.27. The number of aryl methyl sites for hydroxylation is 2. The van der Waals surface area contributed by atoms with Crippen LogP contribution >= 0.6 is 0 Å². The highest BCUT2D eigenvalue weighted by atomic mass is 16.5. The predicted octanol–water partition coefficient (Wildman–Crippen LogP) is 4.27. The Morgan fingerprint density at radius 3 is 2.52 bits per heavy atom. The molecule has 4 rings (SSSR count). The number of likely N-dealkylation sites (tertiary alicyclic amines) is 1. The van der Waals surface area contributed by atoms with Crippen LogP contribution in [0.2, 0.25) is 0 Å². The van der Waals surface area contributed by atoms with Gasteiger partial charge in [-0.1, -0.05) is 35.9 Å². The summed E-state index contributed by atoms with van der Waals surface area (Å²) in [5.74, 6) is 1.34. The van der Waals surface area contributed by atoms with Crippen molar-refractivity contribution in [1.82, 2.24) is 9.47 Å². The molecule has 1 aliphatic heterocycles. The van der Waals surface area contributed by atoms with Gasteiger partial charge in [0.1, 0.15) is 5.75 Å². The summed E-state index contributed by atoms with van der Waals surface area (Å²) in [5.41, 5.74) is 3.87. The van der Waals surface area contributed by atoms with Gasteiger partial charge in [0, 0.05) is 37.2 Å². The van der Waals surface area contributed by atoms with Gasteiger partial charge in [-0.3, -0.25) is 4.79 Å². The number of aromatic nitrogens is 1. The van der Waals surface area contributed by atoms with E-state index in [1.807, 2.05) is 36.1 Å². The molecule has 27 heavy (non-hydrogen) atoms. The van der Waals surface area contributed by atoms with Gasteiger partial charge in [-0.2, -0.15) is 0 Å². The van der Waals surface area contributed by atoms with Gasteiger partial charge in [-0.25, -0.2) is 0 Å². The number of carbonyl (C=O) groups excluding carboxylic acids is 1. The van der Waals surface area contributed by atoms with E-state index in [2.05, 4.69) is 42.1 Å². The Morgan fingerprint density at radius 2 is 1.78 bits per heavy atom. The number of hydrogen-bond donors (Lipinski definition) is 0. The first kappa shape index (κ1) is 17.7. The molecule has 4 nitrogen and oxygen atoms in total. The SMILES string of the molecule is Cc1ccc(OCC(=O)N2CCC(c3cn(C)c4ccccc34)CC2)cc1. The average Bonchev–Trinajstić information content (AvgIpc) is 3.04. The second-order valence-corrected chi connectivity index (χ2v) is 7.47. The number of para-hydroxylation sites is 1. The van der Waals surface area contributed by atoms with Gasteiger partial charge in [0.2, 0.25) is 0 Å². The van der Waals surface area contributed by atoms with Crippen molar-refractivity contribution < 1.29 is 9.53 Å². The molecule has 1 fully saturated rings. The van der Waals surface area contributed by atoms with Crippen LogP contribution in [0.5, 0.6) is 5.75 Å². The fourth-order valence-electron chi connectivity index (χ4n) is 4.01. The molecular formula is C23H26N2O2. The smallest absolute Gasteiger partial charge is 0.260 e. The van der Waals surface area contributed by atoms with Crippen molar-refractivity contribution in [2.75, 3.05) is 19.7 Å². The van der Waals surface area contributed by atoms with Gasteiger partial charge >= 0.3 is 0 Å². The average molecular weight is 362 g/mol. The molecule has 0 bridgehead atoms. The van der Waals surface area contributed by atoms with Crippen molar-refractivity contribution in [3.63, 3.8) is 0 Å². The zero-order chi connectivity index (χ0) is 18.8. The van der Waals surface area contributed by atoms with E-state index in [1.54, 1.807) is 0 Å². The van der Waals surface area contributed by atoms with E-state index >= 15 is 0 Å². The number of hydrogen-bond acceptors (Lipinski definition) is 2. The van der Waals surface area contributed by atoms with Crippen LogP contribution in [-0.2, 0) is 11.8 Å². The Bertz CT molecular complexity index is 935. The van der Waals surface area contributed by atoms with Crippen molar-refractivity contribution in [3.8, 4) is 5.75 Å². The molecule has 0 saturated carbocycles. The molecule has 140 valence electrons. The van der Waals surface area contributed by atoms with Crippen LogP contribution in [0.15, 0.2) is 54.7 Å². The molecule has 0 spiro atoms. The van der Waals surface area contributed by atoms with Crippen LogP contribution in [0.25, 0.3) is 10.9 Å². The molecular weight excluding hydrogens is 336 g/mol. The maximum atomic E-state index is 12.5. The summed E-state index contributed by atoms with van der Waals surface area (Å²) >= 11 is 0. The maximum Gasteiger partial charge on any atom is 0.260 e. The van der Waals surface area contributed by atoms with Gasteiger partial charge in [0.25, 0.3) is 5.91 Å². The van der Waals surface area contributed by atoms with Crippen molar-refractivity contribution in [1.29, 1.82) is 0 Å². The second kappa shape index (κ2) is 7.47. The molecule has 0 aliphatic carbocycles. The van der Waals surface area contributed by atoms with E-state index in [1.165, 1.54) is 22.0 Å². The lowest BCUT2D eigenvalue weighted by Gasteiger charge is -2.32. The monoisotopic (exact) mass is 362 g/mol. The number of benzene rings is 2. The number of ether oxygens (including phenoxy) is 1. The largest absolute Gasteiger partial charge is 0.484 e. The molecule has 0 atom stereocenters. The normalized spacial score (nSPS) is 15.3. The third-order valence-electron chi connectivity index (χ3n) is 5.60. The Kier molecular flexibility index (Phi) is 4.88. The van der Waals surface area contributed by atoms with E-state index in [0.29, 0.717) is 5.92 Å². The van der Waals surface area contributed by atoms with Crippen LogP contribution in [0.4, 0.5) is 0 Å². The van der Waals surface area contributed by atoms with Crippen LogP contribution < -0.4 is 4.74 Å². The molecule has 0 N–H and O–H groups in total. The molecule has 4 heteroatoms. The highest BCUT2D eigenvalue weighted by Crippen LogP contribution is 2.34. The van der Waals surface area contributed by atoms with Crippen LogP contribution in [0, 0.1) is 6.92 Å². The predicted molar refractivity (Wildman–Crippen MR) is 108 cm³/mol. The van der Waals surface area contributed by atoms with Gasteiger partial charge in [0.05, 0.1) is 0 Å². The molecule has 2 heterocycles. The molecule has 1 saturated heterocycles. The lowest BCUT2D eigenvalue weighted by Crippen LogP contribution is -2.40. The number of amides is 1. The summed E-state index contributed by atoms with van der Waals surface area (Å²) < 4.78 is 7.86. The Hall–Kier alpha value is -2.75. The van der Waals surface area contributed by atoms with Crippen molar-refractivity contribution in [2.45, 2.75) is 25.7 Å². The topological polar surface area (TPSA) is 34.5 Å². The lowest BCUT2D eigenvalue weighted by molar-refractivity contribution is -0.134. The fraction of sp³-hybridized carbons (Fsp3) is 0.348. The van der Waals surface area contributed by atoms with Gasteiger partial charge < -0.3 is 14.2 Å². The van der Waals surface area contributed by atoms with Gasteiger partial charge in [0.15, 0.2) is 6.61 Å².